The van der Waals surface area contributed by atoms with Gasteiger partial charge in [0.05, 0.1) is 0 Å². The highest BCUT2D eigenvalue weighted by Crippen LogP contribution is 2.57. The van der Waals surface area contributed by atoms with Gasteiger partial charge in [-0.15, -0.1) is 0 Å². The molecule has 0 aliphatic heterocycles. The van der Waals surface area contributed by atoms with Crippen molar-refractivity contribution in [3.05, 3.63) is 0 Å². The molecule has 0 saturated heterocycles. The molecule has 13 heavy (non-hydrogen) atoms. The molecular weight excluding hydrogens is 158 g/mol. The maximum atomic E-state index is 3.61. The first-order valence-electron chi connectivity index (χ1n) is 6.02. The number of nitrogens with one attached hydrogen (secondary N) is 1. The standard InChI is InChI=1S/C12H23N/c1-3-13-10(2)11-6-4-7-12(11)8-5-9-12/h10-11,13H,3-9H2,1-2H3. The summed E-state index contributed by atoms with van der Waals surface area (Å²) in [6, 6.07) is 0.757. The molecule has 0 radical (unpaired) electrons. The topological polar surface area (TPSA) is 12.0 Å². The predicted octanol–water partition coefficient (Wildman–Crippen LogP) is 2.95. The van der Waals surface area contributed by atoms with Crippen molar-refractivity contribution in [3.8, 4) is 0 Å². The molecule has 1 heteroatoms. The van der Waals surface area contributed by atoms with E-state index in [4.69, 9.17) is 0 Å². The van der Waals surface area contributed by atoms with Crippen LogP contribution in [0.4, 0.5) is 0 Å². The van der Waals surface area contributed by atoms with Gasteiger partial charge in [0.15, 0.2) is 0 Å². The monoisotopic (exact) mass is 181 g/mol. The lowest BCUT2D eigenvalue weighted by Crippen LogP contribution is -2.44. The molecule has 0 aromatic carbocycles. The van der Waals surface area contributed by atoms with Crippen molar-refractivity contribution in [2.75, 3.05) is 6.54 Å². The highest BCUT2D eigenvalue weighted by molar-refractivity contribution is 5.00. The fraction of sp³-hybridized carbons (Fsp3) is 1.00. The molecule has 2 aliphatic rings. The van der Waals surface area contributed by atoms with E-state index < -0.39 is 0 Å². The van der Waals surface area contributed by atoms with Crippen LogP contribution in [0.25, 0.3) is 0 Å². The van der Waals surface area contributed by atoms with Crippen LogP contribution >= 0.6 is 0 Å². The Morgan fingerprint density at radius 2 is 2.00 bits per heavy atom. The molecule has 0 heterocycles. The summed E-state index contributed by atoms with van der Waals surface area (Å²) in [7, 11) is 0. The minimum Gasteiger partial charge on any atom is -0.314 e. The predicted molar refractivity (Wildman–Crippen MR) is 56.8 cm³/mol. The summed E-state index contributed by atoms with van der Waals surface area (Å²) >= 11 is 0. The van der Waals surface area contributed by atoms with Crippen LogP contribution in [0.2, 0.25) is 0 Å². The minimum absolute atomic E-state index is 0.757. The molecule has 0 amide bonds. The van der Waals surface area contributed by atoms with Crippen molar-refractivity contribution in [2.45, 2.75) is 58.4 Å². The van der Waals surface area contributed by atoms with Gasteiger partial charge in [-0.2, -0.15) is 0 Å². The molecule has 1 N–H and O–H groups in total. The summed E-state index contributed by atoms with van der Waals surface area (Å²) in [6.45, 7) is 5.74. The quantitative estimate of drug-likeness (QED) is 0.706. The smallest absolute Gasteiger partial charge is 0.00721 e. The molecule has 0 aromatic heterocycles. The Hall–Kier alpha value is -0.0400. The molecule has 2 saturated carbocycles. The fourth-order valence-corrected chi connectivity index (χ4v) is 3.66. The largest absolute Gasteiger partial charge is 0.314 e. The lowest BCUT2D eigenvalue weighted by Gasteiger charge is -2.46. The lowest BCUT2D eigenvalue weighted by molar-refractivity contribution is 0.0585. The lowest BCUT2D eigenvalue weighted by atomic mass is 9.61. The van der Waals surface area contributed by atoms with Gasteiger partial charge in [0.25, 0.3) is 0 Å². The first kappa shape index (κ1) is 9.51. The maximum absolute atomic E-state index is 3.61. The van der Waals surface area contributed by atoms with Gasteiger partial charge in [-0.25, -0.2) is 0 Å². The first-order chi connectivity index (χ1) is 6.28. The average Bonchev–Trinajstić information content (AvgIpc) is 2.46. The van der Waals surface area contributed by atoms with E-state index >= 15 is 0 Å². The van der Waals surface area contributed by atoms with Gasteiger partial charge in [0, 0.05) is 6.04 Å². The van der Waals surface area contributed by atoms with Crippen LogP contribution in [0.15, 0.2) is 0 Å². The van der Waals surface area contributed by atoms with Crippen LogP contribution in [-0.4, -0.2) is 12.6 Å². The molecule has 76 valence electrons. The number of hydrogen-bond acceptors (Lipinski definition) is 1. The minimum atomic E-state index is 0.757. The third-order valence-corrected chi connectivity index (χ3v) is 4.46. The molecule has 2 unspecified atom stereocenters. The van der Waals surface area contributed by atoms with Crippen LogP contribution in [0.5, 0.6) is 0 Å². The third-order valence-electron chi connectivity index (χ3n) is 4.46. The average molecular weight is 181 g/mol. The van der Waals surface area contributed by atoms with Gasteiger partial charge in [0.1, 0.15) is 0 Å². The Bertz CT molecular complexity index is 172. The second-order valence-corrected chi connectivity index (χ2v) is 5.06. The van der Waals surface area contributed by atoms with Crippen LogP contribution in [0, 0.1) is 11.3 Å². The van der Waals surface area contributed by atoms with Crippen molar-refractivity contribution in [2.24, 2.45) is 11.3 Å². The van der Waals surface area contributed by atoms with Crippen LogP contribution < -0.4 is 5.32 Å². The van der Waals surface area contributed by atoms with E-state index in [1.165, 1.54) is 38.5 Å². The summed E-state index contributed by atoms with van der Waals surface area (Å²) in [5.74, 6) is 0.987. The highest BCUT2D eigenvalue weighted by atomic mass is 14.9. The third kappa shape index (κ3) is 1.52. The Morgan fingerprint density at radius 3 is 2.54 bits per heavy atom. The summed E-state index contributed by atoms with van der Waals surface area (Å²) in [5, 5.41) is 3.61. The van der Waals surface area contributed by atoms with Gasteiger partial charge in [0.2, 0.25) is 0 Å². The van der Waals surface area contributed by atoms with Gasteiger partial charge in [-0.3, -0.25) is 0 Å². The van der Waals surface area contributed by atoms with E-state index in [9.17, 15) is 0 Å². The first-order valence-corrected chi connectivity index (χ1v) is 6.02. The summed E-state index contributed by atoms with van der Waals surface area (Å²) in [4.78, 5) is 0. The second kappa shape index (κ2) is 3.61. The molecule has 0 bridgehead atoms. The molecule has 1 nitrogen and oxygen atoms in total. The Labute approximate surface area is 82.3 Å². The Balaban J connectivity index is 1.97. The molecule has 2 atom stereocenters. The van der Waals surface area contributed by atoms with Crippen molar-refractivity contribution >= 4 is 0 Å². The Morgan fingerprint density at radius 1 is 1.31 bits per heavy atom. The van der Waals surface area contributed by atoms with Crippen LogP contribution in [-0.2, 0) is 0 Å². The van der Waals surface area contributed by atoms with Crippen LogP contribution in [0.3, 0.4) is 0 Å². The van der Waals surface area contributed by atoms with E-state index in [0.29, 0.717) is 0 Å². The molecular formula is C12H23N. The number of hydrogen-bond donors (Lipinski definition) is 1. The SMILES string of the molecule is CCNC(C)C1CCCC12CCC2. The van der Waals surface area contributed by atoms with E-state index in [2.05, 4.69) is 19.2 Å². The molecule has 0 aromatic rings. The van der Waals surface area contributed by atoms with E-state index in [0.717, 1.165) is 23.9 Å². The maximum Gasteiger partial charge on any atom is 0.00721 e. The van der Waals surface area contributed by atoms with Crippen molar-refractivity contribution < 1.29 is 0 Å². The van der Waals surface area contributed by atoms with E-state index in [-0.39, 0.29) is 0 Å². The normalized spacial score (nSPS) is 33.2. The van der Waals surface area contributed by atoms with Gasteiger partial charge in [-0.05, 0) is 50.5 Å². The van der Waals surface area contributed by atoms with Gasteiger partial charge in [-0.1, -0.05) is 19.8 Å². The zero-order chi connectivity index (χ0) is 9.31. The van der Waals surface area contributed by atoms with Gasteiger partial charge < -0.3 is 5.32 Å². The fourth-order valence-electron chi connectivity index (χ4n) is 3.66. The van der Waals surface area contributed by atoms with E-state index in [1.54, 1.807) is 0 Å². The number of rotatable bonds is 3. The summed E-state index contributed by atoms with van der Waals surface area (Å²) in [6.07, 6.45) is 9.03. The summed E-state index contributed by atoms with van der Waals surface area (Å²) in [5.41, 5.74) is 0.793. The van der Waals surface area contributed by atoms with Crippen molar-refractivity contribution in [1.82, 2.24) is 5.32 Å². The van der Waals surface area contributed by atoms with Crippen LogP contribution in [0.1, 0.15) is 52.4 Å². The Kier molecular flexibility index (Phi) is 2.64. The second-order valence-electron chi connectivity index (χ2n) is 5.06. The molecule has 2 rings (SSSR count). The van der Waals surface area contributed by atoms with E-state index in [1.807, 2.05) is 0 Å². The molecule has 1 spiro atoms. The zero-order valence-corrected chi connectivity index (χ0v) is 9.10. The van der Waals surface area contributed by atoms with Crippen molar-refractivity contribution in [1.29, 1.82) is 0 Å². The summed E-state index contributed by atoms with van der Waals surface area (Å²) < 4.78 is 0. The van der Waals surface area contributed by atoms with Gasteiger partial charge >= 0.3 is 0 Å². The highest BCUT2D eigenvalue weighted by Gasteiger charge is 2.48. The zero-order valence-electron chi connectivity index (χ0n) is 9.10. The van der Waals surface area contributed by atoms with Crippen molar-refractivity contribution in [3.63, 3.8) is 0 Å². The molecule has 2 aliphatic carbocycles. The molecule has 2 fully saturated rings.